The molecular weight excluding hydrogens is 355 g/mol. The van der Waals surface area contributed by atoms with Crippen molar-refractivity contribution in [2.45, 2.75) is 11.4 Å². The van der Waals surface area contributed by atoms with E-state index in [0.717, 1.165) is 0 Å². The van der Waals surface area contributed by atoms with Gasteiger partial charge in [0.15, 0.2) is 0 Å². The molecule has 5 nitrogen and oxygen atoms in total. The fraction of sp³-hybridized carbons (Fsp3) is 0.188. The number of carbonyl (C=O) groups is 1. The number of carbonyl (C=O) groups excluding carboxylic acids is 1. The third-order valence-corrected chi connectivity index (χ3v) is 5.27. The Balaban J connectivity index is 2.19. The summed E-state index contributed by atoms with van der Waals surface area (Å²) in [4.78, 5) is 13.8. The van der Waals surface area contributed by atoms with Crippen molar-refractivity contribution in [3.63, 3.8) is 0 Å². The Morgan fingerprint density at radius 1 is 1.21 bits per heavy atom. The standard InChI is InChI=1S/C16H16ClFN2O3S/c1-19-24(22,23)12-8-6-11(7-9-12)16(21)20(2)10-13-14(17)4-3-5-15(13)18/h3-9,19H,10H2,1-2H3. The Labute approximate surface area is 145 Å². The van der Waals surface area contributed by atoms with Crippen LogP contribution in [0, 0.1) is 5.82 Å². The van der Waals surface area contributed by atoms with Crippen molar-refractivity contribution in [3.05, 3.63) is 64.4 Å². The Kier molecular flexibility index (Phi) is 5.58. The largest absolute Gasteiger partial charge is 0.337 e. The normalized spacial score (nSPS) is 11.3. The monoisotopic (exact) mass is 370 g/mol. The molecule has 0 heterocycles. The minimum absolute atomic E-state index is 0.000898. The van der Waals surface area contributed by atoms with Gasteiger partial charge in [0, 0.05) is 29.7 Å². The molecule has 2 aromatic rings. The second-order valence-electron chi connectivity index (χ2n) is 5.09. The highest BCUT2D eigenvalue weighted by Gasteiger charge is 2.17. The lowest BCUT2D eigenvalue weighted by Gasteiger charge is -2.18. The molecule has 0 aliphatic carbocycles. The van der Waals surface area contributed by atoms with Crippen molar-refractivity contribution in [1.82, 2.24) is 9.62 Å². The first-order valence-electron chi connectivity index (χ1n) is 6.98. The topological polar surface area (TPSA) is 66.5 Å². The Hall–Kier alpha value is -1.96. The summed E-state index contributed by atoms with van der Waals surface area (Å²) in [5, 5.41) is 0.241. The highest BCUT2D eigenvalue weighted by atomic mass is 35.5. The Bertz CT molecular complexity index is 834. The molecule has 2 aromatic carbocycles. The lowest BCUT2D eigenvalue weighted by atomic mass is 10.1. The molecule has 0 atom stereocenters. The van der Waals surface area contributed by atoms with Gasteiger partial charge in [-0.2, -0.15) is 0 Å². The van der Waals surface area contributed by atoms with E-state index in [1.54, 1.807) is 6.07 Å². The number of hydrogen-bond acceptors (Lipinski definition) is 3. The minimum Gasteiger partial charge on any atom is -0.337 e. The summed E-state index contributed by atoms with van der Waals surface area (Å²) < 4.78 is 39.3. The quantitative estimate of drug-likeness (QED) is 0.879. The van der Waals surface area contributed by atoms with E-state index in [0.29, 0.717) is 5.56 Å². The van der Waals surface area contributed by atoms with Crippen molar-refractivity contribution >= 4 is 27.5 Å². The SMILES string of the molecule is CNS(=O)(=O)c1ccc(C(=O)N(C)Cc2c(F)cccc2Cl)cc1. The smallest absolute Gasteiger partial charge is 0.253 e. The summed E-state index contributed by atoms with van der Waals surface area (Å²) in [6, 6.07) is 9.81. The first kappa shape index (κ1) is 18.4. The maximum absolute atomic E-state index is 13.8. The van der Waals surface area contributed by atoms with E-state index in [-0.39, 0.29) is 27.9 Å². The number of amides is 1. The summed E-state index contributed by atoms with van der Waals surface area (Å²) in [7, 11) is -0.740. The van der Waals surface area contributed by atoms with Crippen molar-refractivity contribution in [2.24, 2.45) is 0 Å². The van der Waals surface area contributed by atoms with Crippen LogP contribution in [-0.2, 0) is 16.6 Å². The van der Waals surface area contributed by atoms with Crippen LogP contribution in [0.15, 0.2) is 47.4 Å². The van der Waals surface area contributed by atoms with E-state index >= 15 is 0 Å². The molecule has 0 spiro atoms. The van der Waals surface area contributed by atoms with E-state index in [9.17, 15) is 17.6 Å². The van der Waals surface area contributed by atoms with Crippen LogP contribution in [0.2, 0.25) is 5.02 Å². The summed E-state index contributed by atoms with van der Waals surface area (Å²) in [6.45, 7) is 0.000898. The molecule has 8 heteroatoms. The van der Waals surface area contributed by atoms with Crippen LogP contribution in [0.25, 0.3) is 0 Å². The van der Waals surface area contributed by atoms with Gasteiger partial charge < -0.3 is 4.90 Å². The van der Waals surface area contributed by atoms with Crippen LogP contribution in [0.4, 0.5) is 4.39 Å². The molecule has 0 radical (unpaired) electrons. The molecule has 1 N–H and O–H groups in total. The number of rotatable bonds is 5. The fourth-order valence-corrected chi connectivity index (χ4v) is 3.06. The third-order valence-electron chi connectivity index (χ3n) is 3.48. The summed E-state index contributed by atoms with van der Waals surface area (Å²) in [6.07, 6.45) is 0. The van der Waals surface area contributed by atoms with Crippen LogP contribution in [0.1, 0.15) is 15.9 Å². The van der Waals surface area contributed by atoms with Crippen molar-refractivity contribution in [1.29, 1.82) is 0 Å². The first-order chi connectivity index (χ1) is 11.3. The predicted octanol–water partition coefficient (Wildman–Crippen LogP) is 2.66. The summed E-state index contributed by atoms with van der Waals surface area (Å²) >= 11 is 5.96. The highest BCUT2D eigenvalue weighted by molar-refractivity contribution is 7.89. The van der Waals surface area contributed by atoms with Crippen LogP contribution in [0.3, 0.4) is 0 Å². The zero-order chi connectivity index (χ0) is 17.9. The van der Waals surface area contributed by atoms with Crippen LogP contribution < -0.4 is 4.72 Å². The molecule has 128 valence electrons. The average Bonchev–Trinajstić information content (AvgIpc) is 2.57. The van der Waals surface area contributed by atoms with Gasteiger partial charge in [-0.05, 0) is 43.4 Å². The molecule has 0 aromatic heterocycles. The number of sulfonamides is 1. The molecule has 1 amide bonds. The van der Waals surface area contributed by atoms with Gasteiger partial charge >= 0.3 is 0 Å². The molecule has 0 aliphatic heterocycles. The van der Waals surface area contributed by atoms with Gasteiger partial charge in [-0.15, -0.1) is 0 Å². The van der Waals surface area contributed by atoms with Gasteiger partial charge in [0.25, 0.3) is 5.91 Å². The average molecular weight is 371 g/mol. The molecule has 0 saturated heterocycles. The Morgan fingerprint density at radius 2 is 1.83 bits per heavy atom. The first-order valence-corrected chi connectivity index (χ1v) is 8.84. The van der Waals surface area contributed by atoms with Crippen LogP contribution in [0.5, 0.6) is 0 Å². The highest BCUT2D eigenvalue weighted by Crippen LogP contribution is 2.21. The van der Waals surface area contributed by atoms with Gasteiger partial charge in [0.05, 0.1) is 4.90 Å². The molecule has 24 heavy (non-hydrogen) atoms. The zero-order valence-corrected chi connectivity index (χ0v) is 14.7. The number of halogens is 2. The van der Waals surface area contributed by atoms with E-state index in [4.69, 9.17) is 11.6 Å². The van der Waals surface area contributed by atoms with Gasteiger partial charge in [-0.3, -0.25) is 4.79 Å². The summed E-state index contributed by atoms with van der Waals surface area (Å²) in [5.74, 6) is -0.861. The molecule has 2 rings (SSSR count). The van der Waals surface area contributed by atoms with E-state index < -0.39 is 15.8 Å². The van der Waals surface area contributed by atoms with Crippen molar-refractivity contribution in [2.75, 3.05) is 14.1 Å². The zero-order valence-electron chi connectivity index (χ0n) is 13.1. The second-order valence-corrected chi connectivity index (χ2v) is 7.39. The maximum atomic E-state index is 13.8. The molecule has 0 unspecified atom stereocenters. The van der Waals surface area contributed by atoms with Crippen LogP contribution >= 0.6 is 11.6 Å². The number of hydrogen-bond donors (Lipinski definition) is 1. The molecule has 0 bridgehead atoms. The Morgan fingerprint density at radius 3 is 2.38 bits per heavy atom. The minimum atomic E-state index is -3.56. The van der Waals surface area contributed by atoms with Crippen LogP contribution in [-0.4, -0.2) is 33.3 Å². The van der Waals surface area contributed by atoms with Gasteiger partial charge in [0.1, 0.15) is 5.82 Å². The fourth-order valence-electron chi connectivity index (χ4n) is 2.11. The lowest BCUT2D eigenvalue weighted by Crippen LogP contribution is -2.27. The van der Waals surface area contributed by atoms with Crippen molar-refractivity contribution in [3.8, 4) is 0 Å². The number of nitrogens with one attached hydrogen (secondary N) is 1. The van der Waals surface area contributed by atoms with Gasteiger partial charge in [-0.25, -0.2) is 17.5 Å². The van der Waals surface area contributed by atoms with Crippen molar-refractivity contribution < 1.29 is 17.6 Å². The molecule has 0 saturated carbocycles. The number of nitrogens with zero attached hydrogens (tertiary/aromatic N) is 1. The van der Waals surface area contributed by atoms with Gasteiger partial charge in [0.2, 0.25) is 10.0 Å². The van der Waals surface area contributed by atoms with E-state index in [1.165, 1.54) is 55.4 Å². The van der Waals surface area contributed by atoms with E-state index in [2.05, 4.69) is 4.72 Å². The van der Waals surface area contributed by atoms with Gasteiger partial charge in [-0.1, -0.05) is 17.7 Å². The molecule has 0 fully saturated rings. The predicted molar refractivity (Wildman–Crippen MR) is 89.9 cm³/mol. The number of benzene rings is 2. The summed E-state index contributed by atoms with van der Waals surface area (Å²) in [5.41, 5.74) is 0.518. The lowest BCUT2D eigenvalue weighted by molar-refractivity contribution is 0.0784. The second kappa shape index (κ2) is 7.29. The van der Waals surface area contributed by atoms with E-state index in [1.807, 2.05) is 0 Å². The molecular formula is C16H16ClFN2O3S. The third kappa shape index (κ3) is 3.92. The maximum Gasteiger partial charge on any atom is 0.253 e. The molecule has 0 aliphatic rings.